The fourth-order valence-electron chi connectivity index (χ4n) is 2.64. The van der Waals surface area contributed by atoms with E-state index >= 15 is 0 Å². The molecule has 7 heteroatoms. The molecule has 0 radical (unpaired) electrons. The minimum absolute atomic E-state index is 0.101. The number of benzene rings is 2. The van der Waals surface area contributed by atoms with Crippen molar-refractivity contribution in [2.75, 3.05) is 14.2 Å². The number of hydrogen-bond donors (Lipinski definition) is 1. The van der Waals surface area contributed by atoms with E-state index in [9.17, 15) is 18.7 Å². The average molecular weight is 379 g/mol. The van der Waals surface area contributed by atoms with E-state index in [4.69, 9.17) is 4.74 Å². The lowest BCUT2D eigenvalue weighted by molar-refractivity contribution is -0.0512. The summed E-state index contributed by atoms with van der Waals surface area (Å²) in [5.74, 6) is -0.196. The van der Waals surface area contributed by atoms with Gasteiger partial charge in [-0.2, -0.15) is 8.78 Å². The number of rotatable bonds is 7. The summed E-state index contributed by atoms with van der Waals surface area (Å²) in [4.78, 5) is 14.1. The number of carbonyl (C=O) groups excluding carboxylic acids is 1. The molecule has 2 rings (SSSR count). The van der Waals surface area contributed by atoms with E-state index in [1.165, 1.54) is 30.2 Å². The zero-order chi connectivity index (χ0) is 20.1. The van der Waals surface area contributed by atoms with Crippen molar-refractivity contribution in [2.45, 2.75) is 32.9 Å². The number of phenols is 1. The summed E-state index contributed by atoms with van der Waals surface area (Å²) in [6.07, 6.45) is 0. The molecule has 0 aromatic heterocycles. The van der Waals surface area contributed by atoms with Crippen molar-refractivity contribution >= 4 is 5.91 Å². The molecule has 1 N–H and O–H groups in total. The molecule has 5 nitrogen and oxygen atoms in total. The van der Waals surface area contributed by atoms with Crippen LogP contribution >= 0.6 is 0 Å². The number of alkyl halides is 2. The second kappa shape index (κ2) is 8.70. The molecule has 0 saturated heterocycles. The van der Waals surface area contributed by atoms with Gasteiger partial charge in [-0.05, 0) is 41.3 Å². The van der Waals surface area contributed by atoms with Gasteiger partial charge in [-0.3, -0.25) is 4.79 Å². The van der Waals surface area contributed by atoms with E-state index in [0.29, 0.717) is 5.56 Å². The van der Waals surface area contributed by atoms with Crippen molar-refractivity contribution < 1.29 is 28.2 Å². The molecule has 0 atom stereocenters. The molecule has 27 heavy (non-hydrogen) atoms. The van der Waals surface area contributed by atoms with Crippen LogP contribution in [0.5, 0.6) is 17.2 Å². The van der Waals surface area contributed by atoms with E-state index in [1.807, 2.05) is 13.8 Å². The quantitative estimate of drug-likeness (QED) is 0.775. The molecule has 1 amide bonds. The number of ether oxygens (including phenoxy) is 2. The van der Waals surface area contributed by atoms with Gasteiger partial charge in [-0.15, -0.1) is 0 Å². The smallest absolute Gasteiger partial charge is 0.387 e. The molecular weight excluding hydrogens is 356 g/mol. The molecule has 2 aromatic carbocycles. The number of phenolic OH excluding ortho intramolecular Hbond substituents is 1. The molecule has 0 aliphatic carbocycles. The van der Waals surface area contributed by atoms with E-state index in [1.54, 1.807) is 25.2 Å². The number of methoxy groups -OCH3 is 1. The minimum atomic E-state index is -2.98. The van der Waals surface area contributed by atoms with Gasteiger partial charge in [-0.1, -0.05) is 26.0 Å². The highest BCUT2D eigenvalue weighted by molar-refractivity contribution is 5.96. The van der Waals surface area contributed by atoms with Crippen molar-refractivity contribution in [3.63, 3.8) is 0 Å². The number of amides is 1. The summed E-state index contributed by atoms with van der Waals surface area (Å²) in [6, 6.07) is 9.50. The topological polar surface area (TPSA) is 59.0 Å². The molecule has 0 aliphatic heterocycles. The summed E-state index contributed by atoms with van der Waals surface area (Å²) in [7, 11) is 2.93. The molecular formula is C20H23F2NO4. The SMILES string of the molecule is COc1ccc(CN(C)C(=O)c2cc(C(C)C)ccc2O)cc1OC(F)F. The summed E-state index contributed by atoms with van der Waals surface area (Å²) >= 11 is 0. The molecule has 0 aliphatic rings. The minimum Gasteiger partial charge on any atom is -0.507 e. The van der Waals surface area contributed by atoms with Crippen LogP contribution in [-0.4, -0.2) is 36.7 Å². The van der Waals surface area contributed by atoms with Crippen LogP contribution in [0.25, 0.3) is 0 Å². The molecule has 0 spiro atoms. The van der Waals surface area contributed by atoms with Gasteiger partial charge in [-0.25, -0.2) is 0 Å². The van der Waals surface area contributed by atoms with Gasteiger partial charge in [0.15, 0.2) is 11.5 Å². The fourth-order valence-corrected chi connectivity index (χ4v) is 2.64. The van der Waals surface area contributed by atoms with Crippen LogP contribution < -0.4 is 9.47 Å². The Morgan fingerprint density at radius 3 is 2.44 bits per heavy atom. The van der Waals surface area contributed by atoms with Gasteiger partial charge < -0.3 is 19.5 Å². The Bertz CT molecular complexity index is 809. The normalized spacial score (nSPS) is 11.0. The van der Waals surface area contributed by atoms with Crippen LogP contribution in [0.4, 0.5) is 8.78 Å². The molecule has 2 aromatic rings. The zero-order valence-corrected chi connectivity index (χ0v) is 15.7. The van der Waals surface area contributed by atoms with Crippen LogP contribution in [0.15, 0.2) is 36.4 Å². The first-order valence-corrected chi connectivity index (χ1v) is 8.43. The van der Waals surface area contributed by atoms with Crippen molar-refractivity contribution in [3.8, 4) is 17.2 Å². The Morgan fingerprint density at radius 1 is 1.15 bits per heavy atom. The zero-order valence-electron chi connectivity index (χ0n) is 15.7. The summed E-state index contributed by atoms with van der Waals surface area (Å²) in [5.41, 5.74) is 1.71. The Morgan fingerprint density at radius 2 is 1.85 bits per heavy atom. The molecule has 146 valence electrons. The number of halogens is 2. The van der Waals surface area contributed by atoms with Gasteiger partial charge in [0.2, 0.25) is 0 Å². The largest absolute Gasteiger partial charge is 0.507 e. The van der Waals surface area contributed by atoms with Crippen molar-refractivity contribution in [2.24, 2.45) is 0 Å². The third-order valence-electron chi connectivity index (χ3n) is 4.13. The highest BCUT2D eigenvalue weighted by Gasteiger charge is 2.19. The van der Waals surface area contributed by atoms with Crippen LogP contribution in [0, 0.1) is 0 Å². The van der Waals surface area contributed by atoms with E-state index in [2.05, 4.69) is 4.74 Å². The summed E-state index contributed by atoms with van der Waals surface area (Å²) in [5, 5.41) is 10.0. The van der Waals surface area contributed by atoms with E-state index in [0.717, 1.165) is 5.56 Å². The van der Waals surface area contributed by atoms with Gasteiger partial charge in [0.1, 0.15) is 5.75 Å². The molecule has 0 unspecified atom stereocenters. The Labute approximate surface area is 157 Å². The van der Waals surface area contributed by atoms with E-state index in [-0.39, 0.29) is 41.2 Å². The van der Waals surface area contributed by atoms with Gasteiger partial charge in [0.25, 0.3) is 5.91 Å². The lowest BCUT2D eigenvalue weighted by Gasteiger charge is -2.20. The standard InChI is InChI=1S/C20H23F2NO4/c1-12(2)14-6-7-16(24)15(10-14)19(25)23(3)11-13-5-8-17(26-4)18(9-13)27-20(21)22/h5-10,12,20,24H,11H2,1-4H3. The lowest BCUT2D eigenvalue weighted by atomic mass is 9.99. The van der Waals surface area contributed by atoms with E-state index < -0.39 is 6.61 Å². The second-order valence-electron chi connectivity index (χ2n) is 6.46. The predicted octanol–water partition coefficient (Wildman–Crippen LogP) is 4.40. The van der Waals surface area contributed by atoms with Crippen LogP contribution in [-0.2, 0) is 6.54 Å². The Kier molecular flexibility index (Phi) is 6.60. The predicted molar refractivity (Wildman–Crippen MR) is 97.6 cm³/mol. The first kappa shape index (κ1) is 20.5. The highest BCUT2D eigenvalue weighted by atomic mass is 19.3. The van der Waals surface area contributed by atoms with Gasteiger partial charge in [0.05, 0.1) is 12.7 Å². The fraction of sp³-hybridized carbons (Fsp3) is 0.350. The maximum Gasteiger partial charge on any atom is 0.387 e. The van der Waals surface area contributed by atoms with Crippen molar-refractivity contribution in [1.82, 2.24) is 4.90 Å². The van der Waals surface area contributed by atoms with Gasteiger partial charge >= 0.3 is 6.61 Å². The lowest BCUT2D eigenvalue weighted by Crippen LogP contribution is -2.26. The summed E-state index contributed by atoms with van der Waals surface area (Å²) in [6.45, 7) is 1.15. The summed E-state index contributed by atoms with van der Waals surface area (Å²) < 4.78 is 34.6. The third kappa shape index (κ3) is 5.09. The average Bonchev–Trinajstić information content (AvgIpc) is 2.61. The monoisotopic (exact) mass is 379 g/mol. The van der Waals surface area contributed by atoms with Gasteiger partial charge in [0, 0.05) is 13.6 Å². The molecule has 0 heterocycles. The first-order valence-electron chi connectivity index (χ1n) is 8.43. The maximum absolute atomic E-state index is 12.7. The maximum atomic E-state index is 12.7. The van der Waals surface area contributed by atoms with Crippen molar-refractivity contribution in [3.05, 3.63) is 53.1 Å². The molecule has 0 fully saturated rings. The number of hydrogen-bond acceptors (Lipinski definition) is 4. The molecule has 0 bridgehead atoms. The van der Waals surface area contributed by atoms with Crippen LogP contribution in [0.3, 0.4) is 0 Å². The third-order valence-corrected chi connectivity index (χ3v) is 4.13. The first-order chi connectivity index (χ1) is 12.7. The number of nitrogens with zero attached hydrogens (tertiary/aromatic N) is 1. The molecule has 0 saturated carbocycles. The van der Waals surface area contributed by atoms with Crippen molar-refractivity contribution in [1.29, 1.82) is 0 Å². The second-order valence-corrected chi connectivity index (χ2v) is 6.46. The number of carbonyl (C=O) groups is 1. The Balaban J connectivity index is 2.23. The van der Waals surface area contributed by atoms with Crippen LogP contribution in [0.1, 0.15) is 41.3 Å². The Hall–Kier alpha value is -2.83. The van der Waals surface area contributed by atoms with Crippen LogP contribution in [0.2, 0.25) is 0 Å². The number of aromatic hydroxyl groups is 1. The highest BCUT2D eigenvalue weighted by Crippen LogP contribution is 2.30.